The van der Waals surface area contributed by atoms with Crippen LogP contribution in [0.4, 0.5) is 5.69 Å². The molecule has 1 nitrogen and oxygen atoms in total. The van der Waals surface area contributed by atoms with Crippen molar-refractivity contribution in [3.63, 3.8) is 0 Å². The third-order valence-electron chi connectivity index (χ3n) is 1.17. The Bertz CT molecular complexity index is 203. The van der Waals surface area contributed by atoms with Crippen LogP contribution in [0.2, 0.25) is 0 Å². The summed E-state index contributed by atoms with van der Waals surface area (Å²) in [4.78, 5) is 0.986. The molecule has 0 saturated heterocycles. The van der Waals surface area contributed by atoms with Crippen LogP contribution in [0.5, 0.6) is 0 Å². The number of hydrogen-bond donors (Lipinski definition) is 2. The summed E-state index contributed by atoms with van der Waals surface area (Å²) in [5.74, 6) is 0. The quantitative estimate of drug-likeness (QED) is 0.589. The number of nitrogens with one attached hydrogen (secondary N) is 1. The number of benzene rings is 1. The van der Waals surface area contributed by atoms with Gasteiger partial charge < -0.3 is 5.32 Å². The number of rotatable bonds is 1. The van der Waals surface area contributed by atoms with E-state index < -0.39 is 0 Å². The van der Waals surface area contributed by atoms with Gasteiger partial charge in [-0.05, 0) is 12.1 Å². The Morgan fingerprint density at radius 3 is 2.30 bits per heavy atom. The van der Waals surface area contributed by atoms with Crippen molar-refractivity contribution in [1.82, 2.24) is 0 Å². The average Bonchev–Trinajstić information content (AvgIpc) is 1.89. The molecule has 0 amide bonds. The molecule has 0 fully saturated rings. The van der Waals surface area contributed by atoms with E-state index in [1.54, 1.807) is 0 Å². The summed E-state index contributed by atoms with van der Waals surface area (Å²) in [6.07, 6.45) is 0. The first-order valence-electron chi connectivity index (χ1n) is 2.80. The zero-order valence-corrected chi connectivity index (χ0v) is 8.89. The van der Waals surface area contributed by atoms with E-state index in [-0.39, 0.29) is 24.0 Å². The smallest absolute Gasteiger partial charge is 0.0473 e. The molecule has 0 bridgehead atoms. The normalized spacial score (nSPS) is 8.20. The summed E-state index contributed by atoms with van der Waals surface area (Å²) >= 11 is 4.22. The first-order chi connectivity index (χ1) is 4.34. The summed E-state index contributed by atoms with van der Waals surface area (Å²) in [5.41, 5.74) is 1.07. The summed E-state index contributed by atoms with van der Waals surface area (Å²) in [7, 11) is 1.88. The lowest BCUT2D eigenvalue weighted by molar-refractivity contribution is 1.39. The SMILES string of the molecule is CNc1ccccc1S.I. The zero-order valence-electron chi connectivity index (χ0n) is 5.66. The van der Waals surface area contributed by atoms with Crippen LogP contribution in [0.15, 0.2) is 29.2 Å². The Balaban J connectivity index is 0.000000810. The van der Waals surface area contributed by atoms with Crippen molar-refractivity contribution < 1.29 is 0 Å². The van der Waals surface area contributed by atoms with E-state index in [0.717, 1.165) is 10.6 Å². The van der Waals surface area contributed by atoms with Crippen LogP contribution >= 0.6 is 36.6 Å². The van der Waals surface area contributed by atoms with Crippen LogP contribution in [0.1, 0.15) is 0 Å². The second-order valence-corrected chi connectivity index (χ2v) is 2.25. The summed E-state index contributed by atoms with van der Waals surface area (Å²) in [5, 5.41) is 3.02. The second-order valence-electron chi connectivity index (χ2n) is 1.77. The van der Waals surface area contributed by atoms with Crippen LogP contribution < -0.4 is 5.32 Å². The molecule has 0 aliphatic rings. The third kappa shape index (κ3) is 2.38. The lowest BCUT2D eigenvalue weighted by Crippen LogP contribution is -1.87. The fourth-order valence-corrected chi connectivity index (χ4v) is 0.957. The minimum atomic E-state index is 0. The molecule has 0 aliphatic carbocycles. The molecule has 0 aliphatic heterocycles. The van der Waals surface area contributed by atoms with Crippen molar-refractivity contribution in [2.24, 2.45) is 0 Å². The summed E-state index contributed by atoms with van der Waals surface area (Å²) in [6.45, 7) is 0. The molecular weight excluding hydrogens is 257 g/mol. The molecule has 1 aromatic carbocycles. The van der Waals surface area contributed by atoms with Gasteiger partial charge in [0.1, 0.15) is 0 Å². The summed E-state index contributed by atoms with van der Waals surface area (Å²) < 4.78 is 0. The molecule has 1 aromatic rings. The Labute approximate surface area is 83.6 Å². The van der Waals surface area contributed by atoms with Crippen LogP contribution in [0.25, 0.3) is 0 Å². The van der Waals surface area contributed by atoms with Crippen molar-refractivity contribution in [3.05, 3.63) is 24.3 Å². The molecule has 0 radical (unpaired) electrons. The summed E-state index contributed by atoms with van der Waals surface area (Å²) in [6, 6.07) is 7.88. The number of halogens is 1. The highest BCUT2D eigenvalue weighted by Gasteiger charge is 1.89. The van der Waals surface area contributed by atoms with Crippen molar-refractivity contribution in [2.75, 3.05) is 12.4 Å². The average molecular weight is 267 g/mol. The maximum atomic E-state index is 4.22. The van der Waals surface area contributed by atoms with E-state index in [4.69, 9.17) is 0 Å². The molecule has 0 aromatic heterocycles. The molecule has 0 heterocycles. The fourth-order valence-electron chi connectivity index (χ4n) is 0.685. The molecule has 0 atom stereocenters. The molecule has 0 unspecified atom stereocenters. The molecule has 0 spiro atoms. The second kappa shape index (κ2) is 4.85. The van der Waals surface area contributed by atoms with Gasteiger partial charge in [-0.1, -0.05) is 12.1 Å². The predicted molar refractivity (Wildman–Crippen MR) is 58.7 cm³/mol. The van der Waals surface area contributed by atoms with Crippen LogP contribution in [0.3, 0.4) is 0 Å². The Morgan fingerprint density at radius 1 is 1.30 bits per heavy atom. The molecule has 1 rings (SSSR count). The van der Waals surface area contributed by atoms with Gasteiger partial charge in [0.2, 0.25) is 0 Å². The van der Waals surface area contributed by atoms with Crippen LogP contribution in [-0.4, -0.2) is 7.05 Å². The maximum Gasteiger partial charge on any atom is 0.0473 e. The fraction of sp³-hybridized carbons (Fsp3) is 0.143. The van der Waals surface area contributed by atoms with Crippen LogP contribution in [-0.2, 0) is 0 Å². The van der Waals surface area contributed by atoms with Gasteiger partial charge in [-0.2, -0.15) is 0 Å². The van der Waals surface area contributed by atoms with E-state index in [0.29, 0.717) is 0 Å². The predicted octanol–water partition coefficient (Wildman–Crippen LogP) is 2.64. The largest absolute Gasteiger partial charge is 0.387 e. The Hall–Kier alpha value is 0.1000. The zero-order chi connectivity index (χ0) is 6.69. The molecule has 3 heteroatoms. The van der Waals surface area contributed by atoms with Gasteiger partial charge in [0.25, 0.3) is 0 Å². The first kappa shape index (κ1) is 10.1. The highest BCUT2D eigenvalue weighted by Crippen LogP contribution is 2.16. The minimum absolute atomic E-state index is 0. The standard InChI is InChI=1S/C7H9NS.HI/c1-8-6-4-2-3-5-7(6)9;/h2-5,8-9H,1H3;1H. The molecule has 10 heavy (non-hydrogen) atoms. The van der Waals surface area contributed by atoms with Gasteiger partial charge in [-0.3, -0.25) is 0 Å². The van der Waals surface area contributed by atoms with Gasteiger partial charge >= 0.3 is 0 Å². The Morgan fingerprint density at radius 2 is 1.90 bits per heavy atom. The maximum absolute atomic E-state index is 4.22. The molecule has 56 valence electrons. The number of thiol groups is 1. The number of anilines is 1. The van der Waals surface area contributed by atoms with Gasteiger partial charge in [0.05, 0.1) is 0 Å². The first-order valence-corrected chi connectivity index (χ1v) is 3.25. The van der Waals surface area contributed by atoms with Crippen molar-refractivity contribution >= 4 is 42.3 Å². The minimum Gasteiger partial charge on any atom is -0.387 e. The van der Waals surface area contributed by atoms with E-state index >= 15 is 0 Å². The third-order valence-corrected chi connectivity index (χ3v) is 1.56. The van der Waals surface area contributed by atoms with Gasteiger partial charge in [-0.15, -0.1) is 36.6 Å². The lowest BCUT2D eigenvalue weighted by Gasteiger charge is -2.00. The number of hydrogen-bond acceptors (Lipinski definition) is 2. The van der Waals surface area contributed by atoms with Gasteiger partial charge in [0, 0.05) is 17.6 Å². The van der Waals surface area contributed by atoms with E-state index in [1.165, 1.54) is 0 Å². The number of para-hydroxylation sites is 1. The van der Waals surface area contributed by atoms with Gasteiger partial charge in [-0.25, -0.2) is 0 Å². The molecule has 1 N–H and O–H groups in total. The van der Waals surface area contributed by atoms with E-state index in [2.05, 4.69) is 17.9 Å². The lowest BCUT2D eigenvalue weighted by atomic mass is 10.3. The molecular formula is C7H10INS. The highest BCUT2D eigenvalue weighted by atomic mass is 127. The van der Waals surface area contributed by atoms with Gasteiger partial charge in [0.15, 0.2) is 0 Å². The Kier molecular flexibility index (Phi) is 4.89. The monoisotopic (exact) mass is 267 g/mol. The topological polar surface area (TPSA) is 12.0 Å². The van der Waals surface area contributed by atoms with Crippen molar-refractivity contribution in [2.45, 2.75) is 4.90 Å². The van der Waals surface area contributed by atoms with E-state index in [9.17, 15) is 0 Å². The van der Waals surface area contributed by atoms with Crippen LogP contribution in [0, 0.1) is 0 Å². The van der Waals surface area contributed by atoms with E-state index in [1.807, 2.05) is 31.3 Å². The van der Waals surface area contributed by atoms with Crippen molar-refractivity contribution in [1.29, 1.82) is 0 Å². The van der Waals surface area contributed by atoms with Crippen molar-refractivity contribution in [3.8, 4) is 0 Å². The highest BCUT2D eigenvalue weighted by molar-refractivity contribution is 14.0. The molecule has 0 saturated carbocycles.